The molecule has 0 aromatic heterocycles. The Kier molecular flexibility index (Phi) is 7.00. The number of urea groups is 1. The summed E-state index contributed by atoms with van der Waals surface area (Å²) in [6.45, 7) is 0. The van der Waals surface area contributed by atoms with E-state index in [1.54, 1.807) is 36.4 Å². The summed E-state index contributed by atoms with van der Waals surface area (Å²) in [5.74, 6) is -0.977. The molecule has 0 heterocycles. The number of carbonyl (C=O) groups excluding carboxylic acids is 2. The van der Waals surface area contributed by atoms with E-state index in [4.69, 9.17) is 23.2 Å². The van der Waals surface area contributed by atoms with Crippen LogP contribution in [-0.4, -0.2) is 18.2 Å². The second kappa shape index (κ2) is 9.87. The first-order valence-electron chi connectivity index (χ1n) is 8.63. The molecule has 152 valence electrons. The molecule has 30 heavy (non-hydrogen) atoms. The van der Waals surface area contributed by atoms with Gasteiger partial charge in [-0.1, -0.05) is 41.4 Å². The fourth-order valence-corrected chi connectivity index (χ4v) is 2.68. The molecule has 0 aliphatic rings. The number of nitrogens with one attached hydrogen (secondary N) is 3. The van der Waals surface area contributed by atoms with E-state index in [0.717, 1.165) is 0 Å². The number of rotatable bonds is 5. The number of para-hydroxylation sites is 1. The Morgan fingerprint density at radius 2 is 1.63 bits per heavy atom. The van der Waals surface area contributed by atoms with Crippen LogP contribution in [0.5, 0.6) is 0 Å². The molecule has 0 spiro atoms. The summed E-state index contributed by atoms with van der Waals surface area (Å²) in [7, 11) is 0. The smallest absolute Gasteiger partial charge is 0.308 e. The van der Waals surface area contributed by atoms with E-state index in [9.17, 15) is 14.0 Å². The van der Waals surface area contributed by atoms with Crippen LogP contribution in [0.3, 0.4) is 0 Å². The molecule has 3 rings (SSSR count). The number of hydrazone groups is 1. The van der Waals surface area contributed by atoms with Crippen molar-refractivity contribution >= 4 is 52.7 Å². The van der Waals surface area contributed by atoms with Gasteiger partial charge in [0.15, 0.2) is 0 Å². The molecule has 0 saturated carbocycles. The highest BCUT2D eigenvalue weighted by molar-refractivity contribution is 6.42. The van der Waals surface area contributed by atoms with Gasteiger partial charge >= 0.3 is 6.03 Å². The van der Waals surface area contributed by atoms with Crippen LogP contribution in [0.2, 0.25) is 10.0 Å². The monoisotopic (exact) mass is 444 g/mol. The van der Waals surface area contributed by atoms with Crippen LogP contribution in [0.25, 0.3) is 0 Å². The zero-order valence-corrected chi connectivity index (χ0v) is 16.8. The average molecular weight is 445 g/mol. The number of halogens is 3. The Labute approximate surface area is 181 Å². The van der Waals surface area contributed by atoms with E-state index in [-0.39, 0.29) is 5.69 Å². The van der Waals surface area contributed by atoms with Gasteiger partial charge in [0, 0.05) is 11.3 Å². The van der Waals surface area contributed by atoms with E-state index < -0.39 is 17.8 Å². The molecular formula is C21H15Cl2FN4O2. The zero-order valence-electron chi connectivity index (χ0n) is 15.3. The van der Waals surface area contributed by atoms with Crippen molar-refractivity contribution in [2.45, 2.75) is 0 Å². The quantitative estimate of drug-likeness (QED) is 0.356. The van der Waals surface area contributed by atoms with Crippen LogP contribution < -0.4 is 16.1 Å². The van der Waals surface area contributed by atoms with E-state index in [1.807, 2.05) is 0 Å². The number of benzene rings is 3. The van der Waals surface area contributed by atoms with Crippen LogP contribution >= 0.6 is 23.2 Å². The summed E-state index contributed by atoms with van der Waals surface area (Å²) in [5, 5.41) is 9.64. The highest BCUT2D eigenvalue weighted by Crippen LogP contribution is 2.21. The number of amides is 3. The lowest BCUT2D eigenvalue weighted by atomic mass is 10.2. The molecule has 0 saturated heterocycles. The molecule has 0 radical (unpaired) electrons. The molecule has 3 amide bonds. The predicted molar refractivity (Wildman–Crippen MR) is 117 cm³/mol. The largest absolute Gasteiger partial charge is 0.323 e. The molecule has 0 aliphatic carbocycles. The Balaban J connectivity index is 1.54. The van der Waals surface area contributed by atoms with Crippen molar-refractivity contribution in [3.8, 4) is 0 Å². The second-order valence-electron chi connectivity index (χ2n) is 6.01. The first-order valence-corrected chi connectivity index (χ1v) is 9.39. The number of nitrogens with zero attached hydrogens (tertiary/aromatic N) is 1. The summed E-state index contributed by atoms with van der Waals surface area (Å²) < 4.78 is 13.6. The number of anilines is 2. The fraction of sp³-hybridized carbons (Fsp3) is 0. The predicted octanol–water partition coefficient (Wildman–Crippen LogP) is 5.54. The molecule has 0 atom stereocenters. The lowest BCUT2D eigenvalue weighted by molar-refractivity contribution is 0.0955. The van der Waals surface area contributed by atoms with Crippen molar-refractivity contribution in [2.24, 2.45) is 5.10 Å². The fourth-order valence-electron chi connectivity index (χ4n) is 2.37. The first-order chi connectivity index (χ1) is 14.4. The summed E-state index contributed by atoms with van der Waals surface area (Å²) in [6, 6.07) is 16.3. The molecule has 3 aromatic carbocycles. The number of hydrogen-bond donors (Lipinski definition) is 3. The minimum absolute atomic E-state index is 0.0610. The summed E-state index contributed by atoms with van der Waals surface area (Å²) >= 11 is 11.8. The summed E-state index contributed by atoms with van der Waals surface area (Å²) in [5.41, 5.74) is 3.89. The van der Waals surface area contributed by atoms with Gasteiger partial charge in [-0.3, -0.25) is 4.79 Å². The molecular weight excluding hydrogens is 430 g/mol. The Morgan fingerprint density at radius 1 is 0.900 bits per heavy atom. The van der Waals surface area contributed by atoms with Crippen molar-refractivity contribution in [3.05, 3.63) is 93.7 Å². The normalized spacial score (nSPS) is 10.6. The molecule has 9 heteroatoms. The van der Waals surface area contributed by atoms with E-state index in [0.29, 0.717) is 26.9 Å². The third-order valence-electron chi connectivity index (χ3n) is 3.85. The summed E-state index contributed by atoms with van der Waals surface area (Å²) in [6.07, 6.45) is 1.43. The van der Waals surface area contributed by atoms with Gasteiger partial charge in [-0.2, -0.15) is 5.10 Å². The third kappa shape index (κ3) is 5.79. The van der Waals surface area contributed by atoms with Gasteiger partial charge in [-0.05, 0) is 54.1 Å². The molecule has 0 aliphatic heterocycles. The first kappa shape index (κ1) is 21.3. The van der Waals surface area contributed by atoms with Gasteiger partial charge in [-0.15, -0.1) is 0 Å². The van der Waals surface area contributed by atoms with Gasteiger partial charge < -0.3 is 10.6 Å². The average Bonchev–Trinajstić information content (AvgIpc) is 2.73. The maximum absolute atomic E-state index is 13.6. The van der Waals surface area contributed by atoms with Crippen molar-refractivity contribution in [2.75, 3.05) is 10.6 Å². The maximum atomic E-state index is 13.6. The Morgan fingerprint density at radius 3 is 2.33 bits per heavy atom. The van der Waals surface area contributed by atoms with Crippen molar-refractivity contribution in [1.29, 1.82) is 0 Å². The number of hydrogen-bond acceptors (Lipinski definition) is 3. The minimum atomic E-state index is -0.608. The van der Waals surface area contributed by atoms with Crippen molar-refractivity contribution in [3.63, 3.8) is 0 Å². The van der Waals surface area contributed by atoms with Gasteiger partial charge in [0.25, 0.3) is 5.91 Å². The van der Waals surface area contributed by atoms with Gasteiger partial charge in [0.1, 0.15) is 5.82 Å². The molecule has 0 unspecified atom stereocenters. The molecule has 3 N–H and O–H groups in total. The van der Waals surface area contributed by atoms with Gasteiger partial charge in [0.2, 0.25) is 0 Å². The topological polar surface area (TPSA) is 82.6 Å². The summed E-state index contributed by atoms with van der Waals surface area (Å²) in [4.78, 5) is 24.1. The lowest BCUT2D eigenvalue weighted by Gasteiger charge is -2.08. The molecule has 0 fully saturated rings. The van der Waals surface area contributed by atoms with E-state index in [1.165, 1.54) is 36.5 Å². The molecule has 6 nitrogen and oxygen atoms in total. The lowest BCUT2D eigenvalue weighted by Crippen LogP contribution is -2.20. The van der Waals surface area contributed by atoms with E-state index >= 15 is 0 Å². The molecule has 0 bridgehead atoms. The highest BCUT2D eigenvalue weighted by Gasteiger charge is 2.08. The Hall–Kier alpha value is -3.42. The minimum Gasteiger partial charge on any atom is -0.308 e. The third-order valence-corrected chi connectivity index (χ3v) is 4.59. The van der Waals surface area contributed by atoms with Crippen LogP contribution in [-0.2, 0) is 0 Å². The van der Waals surface area contributed by atoms with Crippen molar-refractivity contribution in [1.82, 2.24) is 5.43 Å². The van der Waals surface area contributed by atoms with Crippen LogP contribution in [0.15, 0.2) is 71.8 Å². The Bertz CT molecular complexity index is 1100. The zero-order chi connectivity index (χ0) is 21.5. The van der Waals surface area contributed by atoms with Crippen LogP contribution in [0, 0.1) is 5.82 Å². The highest BCUT2D eigenvalue weighted by atomic mass is 35.5. The van der Waals surface area contributed by atoms with Gasteiger partial charge in [-0.25, -0.2) is 14.6 Å². The standard InChI is InChI=1S/C21H15Cl2FN4O2/c22-16-10-5-13(11-17(16)23)12-25-28-20(29)14-6-8-15(9-7-14)26-21(30)27-19-4-2-1-3-18(19)24/h1-12H,(H,28,29)(H2,26,27,30)/b25-12-. The second-order valence-corrected chi connectivity index (χ2v) is 6.82. The van der Waals surface area contributed by atoms with Crippen LogP contribution in [0.4, 0.5) is 20.6 Å². The maximum Gasteiger partial charge on any atom is 0.323 e. The SMILES string of the molecule is O=C(Nc1ccc(C(=O)N/N=C\c2ccc(Cl)c(Cl)c2)cc1)Nc1ccccc1F. The van der Waals surface area contributed by atoms with Gasteiger partial charge in [0.05, 0.1) is 21.9 Å². The molecule has 3 aromatic rings. The van der Waals surface area contributed by atoms with E-state index in [2.05, 4.69) is 21.2 Å². The van der Waals surface area contributed by atoms with Crippen LogP contribution in [0.1, 0.15) is 15.9 Å². The van der Waals surface area contributed by atoms with Crippen molar-refractivity contribution < 1.29 is 14.0 Å². The number of carbonyl (C=O) groups is 2.